The maximum Gasteiger partial charge on any atom is 0.420 e. The van der Waals surface area contributed by atoms with Gasteiger partial charge in [0.25, 0.3) is 0 Å². The largest absolute Gasteiger partial charge is 0.420 e. The van der Waals surface area contributed by atoms with Gasteiger partial charge in [-0.05, 0) is 25.0 Å². The highest BCUT2D eigenvalue weighted by molar-refractivity contribution is 5.79. The van der Waals surface area contributed by atoms with Crippen LogP contribution >= 0.6 is 0 Å². The normalized spacial score (nSPS) is 11.8. The second kappa shape index (κ2) is 7.46. The molecule has 0 aliphatic rings. The third-order valence-corrected chi connectivity index (χ3v) is 3.92. The zero-order valence-corrected chi connectivity index (χ0v) is 13.7. The van der Waals surface area contributed by atoms with Crippen LogP contribution in [0.4, 0.5) is 0 Å². The Morgan fingerprint density at radius 1 is 1.26 bits per heavy atom. The Morgan fingerprint density at radius 2 is 1.91 bits per heavy atom. The number of carbonyl (C=O) groups is 1. The molecule has 0 atom stereocenters. The van der Waals surface area contributed by atoms with E-state index in [1.54, 1.807) is 24.3 Å². The van der Waals surface area contributed by atoms with Gasteiger partial charge in [-0.25, -0.2) is 4.79 Å². The lowest BCUT2D eigenvalue weighted by Crippen LogP contribution is -2.44. The Bertz CT molecular complexity index is 711. The molecule has 1 heterocycles. The van der Waals surface area contributed by atoms with Gasteiger partial charge in [-0.15, -0.1) is 0 Å². The van der Waals surface area contributed by atoms with E-state index in [0.717, 1.165) is 12.8 Å². The quantitative estimate of drug-likeness (QED) is 0.779. The smallest absolute Gasteiger partial charge is 0.408 e. The predicted molar refractivity (Wildman–Crippen MR) is 88.2 cm³/mol. The molecule has 0 saturated heterocycles. The maximum atomic E-state index is 12.1. The Kier molecular flexibility index (Phi) is 5.60. The van der Waals surface area contributed by atoms with Crippen molar-refractivity contribution in [1.82, 2.24) is 9.88 Å². The van der Waals surface area contributed by atoms with Crippen LogP contribution in [0, 0.1) is 0 Å². The van der Waals surface area contributed by atoms with Crippen molar-refractivity contribution in [3.63, 3.8) is 0 Å². The van der Waals surface area contributed by atoms with Crippen molar-refractivity contribution in [2.75, 3.05) is 6.54 Å². The van der Waals surface area contributed by atoms with E-state index >= 15 is 0 Å². The standard InChI is InChI=1S/C17H24N2O4/c1-3-9-17(22,10-4-2)12-18-15(20)11-19-13-7-5-6-8-14(13)23-16(19)21/h5-8,22H,3-4,9-12H2,1-2H3,(H,18,20). The number of amides is 1. The van der Waals surface area contributed by atoms with Crippen molar-refractivity contribution in [1.29, 1.82) is 0 Å². The summed E-state index contributed by atoms with van der Waals surface area (Å²) in [6, 6.07) is 6.97. The first-order valence-electron chi connectivity index (χ1n) is 8.06. The molecule has 0 saturated carbocycles. The monoisotopic (exact) mass is 320 g/mol. The number of fused-ring (bicyclic) bond motifs is 1. The minimum absolute atomic E-state index is 0.121. The first-order chi connectivity index (χ1) is 11.0. The molecule has 2 N–H and O–H groups in total. The molecule has 0 aliphatic carbocycles. The van der Waals surface area contributed by atoms with Crippen LogP contribution in [0.3, 0.4) is 0 Å². The van der Waals surface area contributed by atoms with Crippen molar-refractivity contribution < 1.29 is 14.3 Å². The van der Waals surface area contributed by atoms with Crippen LogP contribution in [0.15, 0.2) is 33.5 Å². The highest BCUT2D eigenvalue weighted by atomic mass is 16.4. The average molecular weight is 320 g/mol. The molecule has 1 amide bonds. The van der Waals surface area contributed by atoms with Crippen LogP contribution in [0.5, 0.6) is 0 Å². The fourth-order valence-corrected chi connectivity index (χ4v) is 2.86. The van der Waals surface area contributed by atoms with E-state index in [2.05, 4.69) is 5.32 Å². The van der Waals surface area contributed by atoms with E-state index in [1.807, 2.05) is 13.8 Å². The second-order valence-electron chi connectivity index (χ2n) is 5.92. The number of aliphatic hydroxyl groups is 1. The number of aromatic nitrogens is 1. The van der Waals surface area contributed by atoms with E-state index < -0.39 is 11.4 Å². The lowest BCUT2D eigenvalue weighted by atomic mass is 9.92. The summed E-state index contributed by atoms with van der Waals surface area (Å²) in [5.41, 5.74) is 0.159. The first kappa shape index (κ1) is 17.3. The summed E-state index contributed by atoms with van der Waals surface area (Å²) >= 11 is 0. The van der Waals surface area contributed by atoms with E-state index in [0.29, 0.717) is 23.9 Å². The van der Waals surface area contributed by atoms with Crippen molar-refractivity contribution >= 4 is 17.0 Å². The van der Waals surface area contributed by atoms with Gasteiger partial charge in [-0.3, -0.25) is 9.36 Å². The number of para-hydroxylation sites is 2. The number of nitrogens with one attached hydrogen (secondary N) is 1. The summed E-state index contributed by atoms with van der Waals surface area (Å²) in [6.45, 7) is 4.07. The highest BCUT2D eigenvalue weighted by Crippen LogP contribution is 2.18. The van der Waals surface area contributed by atoms with Crippen LogP contribution in [0.25, 0.3) is 11.1 Å². The number of hydrogen-bond donors (Lipinski definition) is 2. The van der Waals surface area contributed by atoms with Gasteiger partial charge in [-0.1, -0.05) is 38.8 Å². The molecule has 0 aliphatic heterocycles. The first-order valence-corrected chi connectivity index (χ1v) is 8.06. The summed E-state index contributed by atoms with van der Waals surface area (Å²) in [6.07, 6.45) is 2.96. The van der Waals surface area contributed by atoms with E-state index in [-0.39, 0.29) is 19.0 Å². The molecule has 0 unspecified atom stereocenters. The fraction of sp³-hybridized carbons (Fsp3) is 0.529. The molecule has 23 heavy (non-hydrogen) atoms. The minimum atomic E-state index is -0.886. The van der Waals surface area contributed by atoms with Gasteiger partial charge in [-0.2, -0.15) is 0 Å². The molecule has 126 valence electrons. The van der Waals surface area contributed by atoms with Crippen LogP contribution in [-0.2, 0) is 11.3 Å². The highest BCUT2D eigenvalue weighted by Gasteiger charge is 2.25. The second-order valence-corrected chi connectivity index (χ2v) is 5.92. The van der Waals surface area contributed by atoms with Crippen LogP contribution in [0.1, 0.15) is 39.5 Å². The summed E-state index contributed by atoms with van der Waals surface area (Å²) in [5.74, 6) is -0.872. The number of oxazole rings is 1. The zero-order chi connectivity index (χ0) is 16.9. The number of nitrogens with zero attached hydrogens (tertiary/aromatic N) is 1. The third kappa shape index (κ3) is 4.22. The minimum Gasteiger partial charge on any atom is -0.408 e. The Morgan fingerprint density at radius 3 is 2.57 bits per heavy atom. The van der Waals surface area contributed by atoms with Gasteiger partial charge < -0.3 is 14.8 Å². The molecule has 1 aromatic carbocycles. The molecular formula is C17H24N2O4. The summed E-state index contributed by atoms with van der Waals surface area (Å²) < 4.78 is 6.40. The number of carbonyl (C=O) groups excluding carboxylic acids is 1. The Labute approximate surface area is 135 Å². The van der Waals surface area contributed by atoms with Crippen molar-refractivity contribution in [3.8, 4) is 0 Å². The average Bonchev–Trinajstić information content (AvgIpc) is 2.82. The van der Waals surface area contributed by atoms with Gasteiger partial charge in [0.15, 0.2) is 5.58 Å². The molecular weight excluding hydrogens is 296 g/mol. The molecule has 0 spiro atoms. The lowest BCUT2D eigenvalue weighted by Gasteiger charge is -2.27. The molecule has 2 rings (SSSR count). The molecule has 0 radical (unpaired) electrons. The fourth-order valence-electron chi connectivity index (χ4n) is 2.86. The van der Waals surface area contributed by atoms with E-state index in [9.17, 15) is 14.7 Å². The van der Waals surface area contributed by atoms with Gasteiger partial charge in [0, 0.05) is 6.54 Å². The Balaban J connectivity index is 2.04. The Hall–Kier alpha value is -2.08. The molecule has 2 aromatic rings. The van der Waals surface area contributed by atoms with Crippen LogP contribution in [-0.4, -0.2) is 27.7 Å². The molecule has 0 fully saturated rings. The predicted octanol–water partition coefficient (Wildman–Crippen LogP) is 2.04. The van der Waals surface area contributed by atoms with Gasteiger partial charge >= 0.3 is 5.76 Å². The molecule has 0 bridgehead atoms. The van der Waals surface area contributed by atoms with Crippen molar-refractivity contribution in [2.24, 2.45) is 0 Å². The number of rotatable bonds is 8. The van der Waals surface area contributed by atoms with E-state index in [1.165, 1.54) is 4.57 Å². The lowest BCUT2D eigenvalue weighted by molar-refractivity contribution is -0.123. The maximum absolute atomic E-state index is 12.1. The number of benzene rings is 1. The molecule has 6 nitrogen and oxygen atoms in total. The van der Waals surface area contributed by atoms with Gasteiger partial charge in [0.1, 0.15) is 6.54 Å². The molecule has 1 aromatic heterocycles. The van der Waals surface area contributed by atoms with Gasteiger partial charge in [0.05, 0.1) is 11.1 Å². The zero-order valence-electron chi connectivity index (χ0n) is 13.7. The third-order valence-electron chi connectivity index (χ3n) is 3.92. The van der Waals surface area contributed by atoms with Crippen LogP contribution in [0.2, 0.25) is 0 Å². The van der Waals surface area contributed by atoms with Gasteiger partial charge in [0.2, 0.25) is 5.91 Å². The number of hydrogen-bond acceptors (Lipinski definition) is 4. The summed E-state index contributed by atoms with van der Waals surface area (Å²) in [4.78, 5) is 24.0. The summed E-state index contributed by atoms with van der Waals surface area (Å²) in [5, 5.41) is 13.2. The molecule has 6 heteroatoms. The SMILES string of the molecule is CCCC(O)(CCC)CNC(=O)Cn1c(=O)oc2ccccc21. The topological polar surface area (TPSA) is 84.5 Å². The van der Waals surface area contributed by atoms with E-state index in [4.69, 9.17) is 4.42 Å². The van der Waals surface area contributed by atoms with Crippen LogP contribution < -0.4 is 11.1 Å². The van der Waals surface area contributed by atoms with Crippen molar-refractivity contribution in [2.45, 2.75) is 51.7 Å². The van der Waals surface area contributed by atoms with Crippen molar-refractivity contribution in [3.05, 3.63) is 34.8 Å². The summed E-state index contributed by atoms with van der Waals surface area (Å²) in [7, 11) is 0.